The minimum Gasteiger partial charge on any atom is -0.322 e. The fourth-order valence-corrected chi connectivity index (χ4v) is 4.05. The van der Waals surface area contributed by atoms with Gasteiger partial charge in [-0.1, -0.05) is 12.7 Å². The number of nitrogens with one attached hydrogen (secondary N) is 2. The normalized spacial score (nSPS) is 13.5. The molecule has 0 fully saturated rings. The Morgan fingerprint density at radius 3 is 2.63 bits per heavy atom. The number of hydrogen-bond donors (Lipinski definition) is 2. The molecule has 2 aromatic carbocycles. The number of halogens is 3. The minimum absolute atomic E-state index is 0.157. The summed E-state index contributed by atoms with van der Waals surface area (Å²) in [6.07, 6.45) is 1.58. The molecule has 0 saturated carbocycles. The first-order valence-corrected chi connectivity index (χ1v) is 10.6. The molecule has 1 amide bonds. The number of rotatable bonds is 4. The van der Waals surface area contributed by atoms with E-state index >= 15 is 0 Å². The highest BCUT2D eigenvalue weighted by atomic mass is 19.4. The van der Waals surface area contributed by atoms with Crippen LogP contribution in [0, 0.1) is 0 Å². The zero-order valence-electron chi connectivity index (χ0n) is 18.1. The average molecular weight is 477 g/mol. The SMILES string of the molecule is C=CC(=O)Nc1cc(-n2c(=O)ccc3cnc4ccc(N5C=CCN5)cc4c32)ccc1C(F)(F)F. The predicted octanol–water partition coefficient (Wildman–Crippen LogP) is 4.52. The first-order chi connectivity index (χ1) is 16.8. The molecule has 0 unspecified atom stereocenters. The number of nitrogens with zero attached hydrogens (tertiary/aromatic N) is 3. The molecule has 3 heterocycles. The Kier molecular flexibility index (Phi) is 5.37. The number of hydrogen-bond acceptors (Lipinski definition) is 5. The smallest absolute Gasteiger partial charge is 0.322 e. The summed E-state index contributed by atoms with van der Waals surface area (Å²) in [5, 5.41) is 5.28. The molecule has 7 nitrogen and oxygen atoms in total. The topological polar surface area (TPSA) is 79.3 Å². The number of amides is 1. The Labute approximate surface area is 196 Å². The number of fused-ring (bicyclic) bond motifs is 3. The van der Waals surface area contributed by atoms with Gasteiger partial charge in [0.15, 0.2) is 0 Å². The Bertz CT molecular complexity index is 1590. The molecule has 10 heteroatoms. The van der Waals surface area contributed by atoms with Crippen LogP contribution in [0.15, 0.2) is 84.5 Å². The van der Waals surface area contributed by atoms with E-state index in [0.29, 0.717) is 28.4 Å². The molecule has 5 rings (SSSR count). The molecule has 0 radical (unpaired) electrons. The van der Waals surface area contributed by atoms with Gasteiger partial charge < -0.3 is 5.32 Å². The molecule has 4 aromatic rings. The van der Waals surface area contributed by atoms with Gasteiger partial charge in [-0.2, -0.15) is 13.2 Å². The van der Waals surface area contributed by atoms with Crippen molar-refractivity contribution in [1.82, 2.24) is 15.0 Å². The maximum absolute atomic E-state index is 13.6. The quantitative estimate of drug-likeness (QED) is 0.334. The van der Waals surface area contributed by atoms with E-state index in [1.807, 2.05) is 35.5 Å². The van der Waals surface area contributed by atoms with Crippen LogP contribution in [0.25, 0.3) is 27.5 Å². The van der Waals surface area contributed by atoms with E-state index in [0.717, 1.165) is 23.9 Å². The first-order valence-electron chi connectivity index (χ1n) is 10.6. The fourth-order valence-electron chi connectivity index (χ4n) is 4.05. The number of benzene rings is 2. The van der Waals surface area contributed by atoms with Crippen LogP contribution in [0.2, 0.25) is 0 Å². The lowest BCUT2D eigenvalue weighted by Crippen LogP contribution is -2.28. The van der Waals surface area contributed by atoms with Crippen molar-refractivity contribution in [3.05, 3.63) is 95.6 Å². The summed E-state index contributed by atoms with van der Waals surface area (Å²) in [6, 6.07) is 11.6. The van der Waals surface area contributed by atoms with E-state index in [4.69, 9.17) is 0 Å². The Hall–Kier alpha value is -4.44. The van der Waals surface area contributed by atoms with Crippen molar-refractivity contribution >= 4 is 39.1 Å². The molecule has 1 aliphatic heterocycles. The number of anilines is 2. The molecule has 1 aliphatic rings. The summed E-state index contributed by atoms with van der Waals surface area (Å²) in [6.45, 7) is 3.96. The van der Waals surface area contributed by atoms with E-state index in [9.17, 15) is 22.8 Å². The van der Waals surface area contributed by atoms with Crippen molar-refractivity contribution in [2.24, 2.45) is 0 Å². The Morgan fingerprint density at radius 2 is 1.91 bits per heavy atom. The highest BCUT2D eigenvalue weighted by molar-refractivity contribution is 6.05. The number of hydrazine groups is 1. The number of carbonyl (C=O) groups is 1. The summed E-state index contributed by atoms with van der Waals surface area (Å²) >= 11 is 0. The molecule has 0 aliphatic carbocycles. The highest BCUT2D eigenvalue weighted by Gasteiger charge is 2.34. The summed E-state index contributed by atoms with van der Waals surface area (Å²) in [5.74, 6) is -0.802. The number of aromatic nitrogens is 2. The second-order valence-electron chi connectivity index (χ2n) is 7.81. The van der Waals surface area contributed by atoms with Crippen LogP contribution >= 0.6 is 0 Å². The van der Waals surface area contributed by atoms with E-state index in [1.165, 1.54) is 16.7 Å². The molecule has 0 saturated heterocycles. The van der Waals surface area contributed by atoms with Gasteiger partial charge in [0, 0.05) is 35.8 Å². The molecule has 0 atom stereocenters. The van der Waals surface area contributed by atoms with Crippen molar-refractivity contribution in [2.75, 3.05) is 16.9 Å². The number of carbonyl (C=O) groups excluding carboxylic acids is 1. The van der Waals surface area contributed by atoms with Gasteiger partial charge in [0.1, 0.15) is 0 Å². The van der Waals surface area contributed by atoms with Gasteiger partial charge in [-0.15, -0.1) is 0 Å². The minimum atomic E-state index is -4.71. The van der Waals surface area contributed by atoms with Gasteiger partial charge in [0.05, 0.1) is 33.7 Å². The van der Waals surface area contributed by atoms with Gasteiger partial charge in [-0.05, 0) is 48.5 Å². The van der Waals surface area contributed by atoms with Crippen molar-refractivity contribution in [1.29, 1.82) is 0 Å². The standard InChI is InChI=1S/C25H18F3N5O2/c1-2-22(34)31-21-13-17(5-7-19(21)25(26,27)28)33-23(35)9-4-15-14-29-20-8-6-16(12-18(20)24(15)33)32-11-3-10-30-32/h2-9,11-14,30H,1,10H2,(H,31,34). The lowest BCUT2D eigenvalue weighted by molar-refractivity contribution is -0.136. The van der Waals surface area contributed by atoms with Crippen LogP contribution < -0.4 is 21.3 Å². The van der Waals surface area contributed by atoms with Crippen molar-refractivity contribution in [3.8, 4) is 5.69 Å². The molecular formula is C25H18F3N5O2. The van der Waals surface area contributed by atoms with Crippen molar-refractivity contribution < 1.29 is 18.0 Å². The first kappa shape index (κ1) is 22.4. The third kappa shape index (κ3) is 4.04. The zero-order chi connectivity index (χ0) is 24.7. The van der Waals surface area contributed by atoms with E-state index in [1.54, 1.807) is 12.3 Å². The van der Waals surface area contributed by atoms with Gasteiger partial charge in [0.2, 0.25) is 5.91 Å². The predicted molar refractivity (Wildman–Crippen MR) is 128 cm³/mol. The van der Waals surface area contributed by atoms with E-state index < -0.39 is 28.9 Å². The van der Waals surface area contributed by atoms with E-state index in [-0.39, 0.29) is 5.69 Å². The van der Waals surface area contributed by atoms with Crippen molar-refractivity contribution in [3.63, 3.8) is 0 Å². The molecule has 176 valence electrons. The molecule has 2 N–H and O–H groups in total. The largest absolute Gasteiger partial charge is 0.418 e. The molecule has 0 bridgehead atoms. The van der Waals surface area contributed by atoms with Crippen LogP contribution in [0.3, 0.4) is 0 Å². The van der Waals surface area contributed by atoms with Gasteiger partial charge in [-0.25, -0.2) is 5.43 Å². The summed E-state index contributed by atoms with van der Waals surface area (Å²) in [4.78, 5) is 29.4. The monoisotopic (exact) mass is 477 g/mol. The fraction of sp³-hybridized carbons (Fsp3) is 0.0800. The Balaban J connectivity index is 1.79. The summed E-state index contributed by atoms with van der Waals surface area (Å²) < 4.78 is 42.1. The third-order valence-electron chi connectivity index (χ3n) is 5.62. The lowest BCUT2D eigenvalue weighted by Gasteiger charge is -2.19. The van der Waals surface area contributed by atoms with Crippen LogP contribution in [-0.4, -0.2) is 22.0 Å². The maximum atomic E-state index is 13.6. The Morgan fingerprint density at radius 1 is 1.11 bits per heavy atom. The van der Waals surface area contributed by atoms with Gasteiger partial charge >= 0.3 is 6.18 Å². The lowest BCUT2D eigenvalue weighted by atomic mass is 10.1. The second kappa shape index (κ2) is 8.41. The highest BCUT2D eigenvalue weighted by Crippen LogP contribution is 2.37. The summed E-state index contributed by atoms with van der Waals surface area (Å²) in [5.41, 5.74) is 3.26. The number of pyridine rings is 2. The maximum Gasteiger partial charge on any atom is 0.418 e. The average Bonchev–Trinajstić information content (AvgIpc) is 3.38. The molecule has 0 spiro atoms. The zero-order valence-corrected chi connectivity index (χ0v) is 18.1. The van der Waals surface area contributed by atoms with Crippen LogP contribution in [-0.2, 0) is 11.0 Å². The third-order valence-corrected chi connectivity index (χ3v) is 5.62. The van der Waals surface area contributed by atoms with Crippen molar-refractivity contribution in [2.45, 2.75) is 6.18 Å². The number of alkyl halides is 3. The molecular weight excluding hydrogens is 459 g/mol. The summed E-state index contributed by atoms with van der Waals surface area (Å²) in [7, 11) is 0. The molecule has 2 aromatic heterocycles. The van der Waals surface area contributed by atoms with Crippen LogP contribution in [0.5, 0.6) is 0 Å². The van der Waals surface area contributed by atoms with Gasteiger partial charge in [0.25, 0.3) is 5.56 Å². The van der Waals surface area contributed by atoms with Gasteiger partial charge in [-0.3, -0.25) is 24.1 Å². The van der Waals surface area contributed by atoms with E-state index in [2.05, 4.69) is 22.3 Å². The molecule has 35 heavy (non-hydrogen) atoms. The van der Waals surface area contributed by atoms with Crippen LogP contribution in [0.4, 0.5) is 24.5 Å². The second-order valence-corrected chi connectivity index (χ2v) is 7.81. The van der Waals surface area contributed by atoms with Crippen LogP contribution in [0.1, 0.15) is 5.56 Å².